The third kappa shape index (κ3) is 6.02. The van der Waals surface area contributed by atoms with Crippen LogP contribution in [0.15, 0.2) is 12.7 Å². The molecule has 0 bridgehead atoms. The van der Waals surface area contributed by atoms with Gasteiger partial charge in [0.25, 0.3) is 0 Å². The Kier molecular flexibility index (Phi) is 7.04. The van der Waals surface area contributed by atoms with Gasteiger partial charge in [0.05, 0.1) is 0 Å². The highest BCUT2D eigenvalue weighted by Gasteiger charge is 2.23. The highest BCUT2D eigenvalue weighted by atomic mass is 127. The summed E-state index contributed by atoms with van der Waals surface area (Å²) in [5, 5.41) is 0. The molecule has 0 rings (SSSR count). The van der Waals surface area contributed by atoms with Gasteiger partial charge >= 0.3 is 0 Å². The van der Waals surface area contributed by atoms with Gasteiger partial charge in [0.15, 0.2) is 0 Å². The number of hydrogen-bond donors (Lipinski definition) is 0. The number of halogens is 1. The summed E-state index contributed by atoms with van der Waals surface area (Å²) in [6.45, 7) is 12.9. The van der Waals surface area contributed by atoms with Crippen LogP contribution in [0.2, 0.25) is 0 Å². The molecule has 14 heavy (non-hydrogen) atoms. The Morgan fingerprint density at radius 3 is 2.36 bits per heavy atom. The molecule has 84 valence electrons. The van der Waals surface area contributed by atoms with E-state index in [4.69, 9.17) is 0 Å². The van der Waals surface area contributed by atoms with E-state index in [1.54, 1.807) is 0 Å². The predicted molar refractivity (Wildman–Crippen MR) is 74.1 cm³/mol. The first-order valence-corrected chi connectivity index (χ1v) is 6.79. The lowest BCUT2D eigenvalue weighted by Gasteiger charge is -2.30. The van der Waals surface area contributed by atoms with E-state index in [-0.39, 0.29) is 0 Å². The van der Waals surface area contributed by atoms with Gasteiger partial charge in [0.1, 0.15) is 0 Å². The second kappa shape index (κ2) is 6.83. The number of rotatable bonds is 6. The van der Waals surface area contributed by atoms with Crippen LogP contribution in [-0.4, -0.2) is 29.5 Å². The minimum absolute atomic E-state index is 0.441. The van der Waals surface area contributed by atoms with Crippen LogP contribution >= 0.6 is 22.6 Å². The van der Waals surface area contributed by atoms with Crippen LogP contribution in [0, 0.1) is 11.3 Å². The Morgan fingerprint density at radius 2 is 2.00 bits per heavy atom. The minimum Gasteiger partial charge on any atom is -0.303 e. The van der Waals surface area contributed by atoms with Gasteiger partial charge in [-0.15, -0.1) is 6.58 Å². The number of hydrogen-bond acceptors (Lipinski definition) is 1. The second-order valence-electron chi connectivity index (χ2n) is 5.06. The van der Waals surface area contributed by atoms with Crippen molar-refractivity contribution in [2.75, 3.05) is 24.6 Å². The third-order valence-corrected chi connectivity index (χ3v) is 3.77. The van der Waals surface area contributed by atoms with Crippen LogP contribution in [0.3, 0.4) is 0 Å². The molecule has 0 fully saturated rings. The molecule has 1 nitrogen and oxygen atoms in total. The van der Waals surface area contributed by atoms with Gasteiger partial charge in [-0.1, -0.05) is 49.4 Å². The summed E-state index contributed by atoms with van der Waals surface area (Å²) in [6, 6.07) is 0. The van der Waals surface area contributed by atoms with Crippen molar-refractivity contribution in [3.8, 4) is 0 Å². The Hall–Kier alpha value is 0.430. The molecule has 0 aromatic carbocycles. The van der Waals surface area contributed by atoms with Crippen molar-refractivity contribution in [1.82, 2.24) is 4.90 Å². The summed E-state index contributed by atoms with van der Waals surface area (Å²) < 4.78 is 1.25. The molecule has 0 aromatic heterocycles. The Morgan fingerprint density at radius 1 is 1.43 bits per heavy atom. The van der Waals surface area contributed by atoms with Crippen molar-refractivity contribution in [1.29, 1.82) is 0 Å². The summed E-state index contributed by atoms with van der Waals surface area (Å²) in [5.74, 6) is 0.815. The zero-order chi connectivity index (χ0) is 11.2. The molecule has 0 aliphatic rings. The zero-order valence-electron chi connectivity index (χ0n) is 10.0. The molecule has 0 aliphatic heterocycles. The fourth-order valence-corrected chi connectivity index (χ4v) is 3.19. The van der Waals surface area contributed by atoms with Crippen LogP contribution in [0.1, 0.15) is 27.2 Å². The molecule has 0 saturated carbocycles. The first-order valence-electron chi connectivity index (χ1n) is 5.27. The van der Waals surface area contributed by atoms with Crippen molar-refractivity contribution < 1.29 is 0 Å². The first-order chi connectivity index (χ1) is 6.41. The van der Waals surface area contributed by atoms with Gasteiger partial charge in [0, 0.05) is 11.0 Å². The minimum atomic E-state index is 0.441. The molecule has 2 heteroatoms. The van der Waals surface area contributed by atoms with Crippen molar-refractivity contribution in [2.24, 2.45) is 11.3 Å². The number of likely N-dealkylation sites (N-methyl/N-ethyl adjacent to an activating group) is 1. The van der Waals surface area contributed by atoms with Crippen LogP contribution < -0.4 is 0 Å². The van der Waals surface area contributed by atoms with Crippen LogP contribution in [0.4, 0.5) is 0 Å². The molecule has 0 N–H and O–H groups in total. The standard InChI is InChI=1S/C12H24IN/c1-6-8-14(5)9-7-11(10-13)12(2,3)4/h6,11H,1,7-10H2,2-5H3. The zero-order valence-corrected chi connectivity index (χ0v) is 12.2. The fraction of sp³-hybridized carbons (Fsp3) is 0.833. The van der Waals surface area contributed by atoms with Crippen molar-refractivity contribution in [3.63, 3.8) is 0 Å². The van der Waals surface area contributed by atoms with E-state index in [0.29, 0.717) is 5.41 Å². The predicted octanol–water partition coefficient (Wildman–Crippen LogP) is 3.59. The van der Waals surface area contributed by atoms with Crippen molar-refractivity contribution in [2.45, 2.75) is 27.2 Å². The van der Waals surface area contributed by atoms with Gasteiger partial charge in [0.2, 0.25) is 0 Å². The summed E-state index contributed by atoms with van der Waals surface area (Å²) in [5.41, 5.74) is 0.441. The molecule has 0 amide bonds. The summed E-state index contributed by atoms with van der Waals surface area (Å²) >= 11 is 2.50. The second-order valence-corrected chi connectivity index (χ2v) is 5.94. The molecule has 0 aliphatic carbocycles. The topological polar surface area (TPSA) is 3.24 Å². The van der Waals surface area contributed by atoms with Gasteiger partial charge < -0.3 is 4.90 Å². The van der Waals surface area contributed by atoms with E-state index in [0.717, 1.165) is 12.5 Å². The smallest absolute Gasteiger partial charge is 0.0157 e. The van der Waals surface area contributed by atoms with E-state index in [1.807, 2.05) is 6.08 Å². The maximum atomic E-state index is 3.75. The molecule has 0 spiro atoms. The molecular formula is C12H24IN. The van der Waals surface area contributed by atoms with Gasteiger partial charge in [-0.05, 0) is 31.3 Å². The maximum Gasteiger partial charge on any atom is 0.0157 e. The summed E-state index contributed by atoms with van der Waals surface area (Å²) in [4.78, 5) is 2.33. The fourth-order valence-electron chi connectivity index (χ4n) is 1.43. The van der Waals surface area contributed by atoms with Crippen LogP contribution in [0.5, 0.6) is 0 Å². The molecule has 0 saturated heterocycles. The molecule has 1 unspecified atom stereocenters. The quantitative estimate of drug-likeness (QED) is 0.412. The molecule has 0 radical (unpaired) electrons. The van der Waals surface area contributed by atoms with E-state index < -0.39 is 0 Å². The third-order valence-electron chi connectivity index (χ3n) is 2.71. The lowest BCUT2D eigenvalue weighted by molar-refractivity contribution is 0.225. The van der Waals surface area contributed by atoms with E-state index in [1.165, 1.54) is 17.4 Å². The monoisotopic (exact) mass is 309 g/mol. The van der Waals surface area contributed by atoms with Crippen molar-refractivity contribution in [3.05, 3.63) is 12.7 Å². The highest BCUT2D eigenvalue weighted by molar-refractivity contribution is 14.1. The average Bonchev–Trinajstić information content (AvgIpc) is 2.03. The molecular weight excluding hydrogens is 285 g/mol. The van der Waals surface area contributed by atoms with Gasteiger partial charge in [-0.3, -0.25) is 0 Å². The van der Waals surface area contributed by atoms with E-state index >= 15 is 0 Å². The molecule has 1 atom stereocenters. The van der Waals surface area contributed by atoms with E-state index in [2.05, 4.69) is 61.9 Å². The Balaban J connectivity index is 3.90. The number of alkyl halides is 1. The maximum absolute atomic E-state index is 3.75. The summed E-state index contributed by atoms with van der Waals surface area (Å²) in [7, 11) is 2.16. The average molecular weight is 309 g/mol. The lowest BCUT2D eigenvalue weighted by Crippen LogP contribution is -2.28. The lowest BCUT2D eigenvalue weighted by atomic mass is 9.80. The Labute approximate surface area is 103 Å². The largest absolute Gasteiger partial charge is 0.303 e. The first kappa shape index (κ1) is 14.4. The van der Waals surface area contributed by atoms with E-state index in [9.17, 15) is 0 Å². The Bertz CT molecular complexity index is 160. The normalized spacial score (nSPS) is 14.4. The van der Waals surface area contributed by atoms with Crippen LogP contribution in [0.25, 0.3) is 0 Å². The van der Waals surface area contributed by atoms with Crippen LogP contribution in [-0.2, 0) is 0 Å². The molecule has 0 aromatic rings. The summed E-state index contributed by atoms with van der Waals surface area (Å²) in [6.07, 6.45) is 3.26. The van der Waals surface area contributed by atoms with Gasteiger partial charge in [-0.2, -0.15) is 0 Å². The highest BCUT2D eigenvalue weighted by Crippen LogP contribution is 2.30. The van der Waals surface area contributed by atoms with Gasteiger partial charge in [-0.25, -0.2) is 0 Å². The van der Waals surface area contributed by atoms with Crippen molar-refractivity contribution >= 4 is 22.6 Å². The SMILES string of the molecule is C=CCN(C)CCC(CI)C(C)(C)C. The molecule has 0 heterocycles. The number of nitrogens with zero attached hydrogens (tertiary/aromatic N) is 1.